The van der Waals surface area contributed by atoms with Crippen LogP contribution in [0.4, 0.5) is 4.79 Å². The maximum Gasteiger partial charge on any atom is 0.408 e. The summed E-state index contributed by atoms with van der Waals surface area (Å²) in [5, 5.41) is 5.40. The van der Waals surface area contributed by atoms with Crippen LogP contribution in [0.25, 0.3) is 0 Å². The van der Waals surface area contributed by atoms with Crippen molar-refractivity contribution in [2.45, 2.75) is 84.0 Å². The predicted octanol–water partition coefficient (Wildman–Crippen LogP) is 3.66. The van der Waals surface area contributed by atoms with Gasteiger partial charge in [0.15, 0.2) is 0 Å². The fourth-order valence-electron chi connectivity index (χ4n) is 4.11. The van der Waals surface area contributed by atoms with Gasteiger partial charge in [-0.2, -0.15) is 11.8 Å². The molecule has 0 aliphatic heterocycles. The Morgan fingerprint density at radius 3 is 2.38 bits per heavy atom. The molecule has 2 unspecified atom stereocenters. The molecule has 1 saturated carbocycles. The molecule has 1 aliphatic carbocycles. The molecule has 0 radical (unpaired) electrons. The van der Waals surface area contributed by atoms with Crippen LogP contribution >= 0.6 is 11.8 Å². The van der Waals surface area contributed by atoms with E-state index >= 15 is 0 Å². The number of hydrogen-bond acceptors (Lipinski definition) is 7. The maximum atomic E-state index is 14.2. The zero-order chi connectivity index (χ0) is 27.8. The number of methoxy groups -OCH3 is 1. The molecule has 206 valence electrons. The Kier molecular flexibility index (Phi) is 11.3. The highest BCUT2D eigenvalue weighted by molar-refractivity contribution is 7.98. The number of nitrogens with one attached hydrogen (secondary N) is 2. The highest BCUT2D eigenvalue weighted by atomic mass is 32.2. The second kappa shape index (κ2) is 13.7. The lowest BCUT2D eigenvalue weighted by molar-refractivity contribution is -0.148. The van der Waals surface area contributed by atoms with Crippen LogP contribution in [0.3, 0.4) is 0 Å². The molecular formula is C27H41N3O6S. The number of esters is 1. The molecular weight excluding hydrogens is 494 g/mol. The van der Waals surface area contributed by atoms with E-state index in [2.05, 4.69) is 15.4 Å². The summed E-state index contributed by atoms with van der Waals surface area (Å²) in [5.74, 6) is -0.768. The summed E-state index contributed by atoms with van der Waals surface area (Å²) in [5.41, 5.74) is 1.75. The van der Waals surface area contributed by atoms with Crippen molar-refractivity contribution in [2.75, 3.05) is 25.7 Å². The third-order valence-corrected chi connectivity index (χ3v) is 6.86. The van der Waals surface area contributed by atoms with E-state index in [9.17, 15) is 19.2 Å². The fourth-order valence-corrected chi connectivity index (χ4v) is 4.58. The first kappa shape index (κ1) is 30.5. The van der Waals surface area contributed by atoms with Crippen LogP contribution in [-0.4, -0.2) is 72.1 Å². The third kappa shape index (κ3) is 8.94. The first-order chi connectivity index (χ1) is 17.4. The lowest BCUT2D eigenvalue weighted by Crippen LogP contribution is -2.58. The average Bonchev–Trinajstić information content (AvgIpc) is 2.78. The lowest BCUT2D eigenvalue weighted by atomic mass is 9.87. The molecule has 0 aromatic heterocycles. The van der Waals surface area contributed by atoms with E-state index in [0.717, 1.165) is 30.4 Å². The summed E-state index contributed by atoms with van der Waals surface area (Å²) >= 11 is 1.56. The summed E-state index contributed by atoms with van der Waals surface area (Å²) in [6.07, 6.45) is 4.06. The molecule has 9 nitrogen and oxygen atoms in total. The average molecular weight is 536 g/mol. The van der Waals surface area contributed by atoms with Crippen molar-refractivity contribution in [3.63, 3.8) is 0 Å². The largest absolute Gasteiger partial charge is 0.468 e. The zero-order valence-corrected chi connectivity index (χ0v) is 23.8. The van der Waals surface area contributed by atoms with Gasteiger partial charge >= 0.3 is 12.1 Å². The van der Waals surface area contributed by atoms with Crippen molar-refractivity contribution in [1.29, 1.82) is 0 Å². The molecule has 1 aliphatic rings. The van der Waals surface area contributed by atoms with Crippen LogP contribution in [0, 0.1) is 13.8 Å². The van der Waals surface area contributed by atoms with Gasteiger partial charge in [0.1, 0.15) is 24.2 Å². The van der Waals surface area contributed by atoms with E-state index < -0.39 is 35.7 Å². The van der Waals surface area contributed by atoms with Crippen molar-refractivity contribution in [2.24, 2.45) is 0 Å². The molecule has 2 rings (SSSR count). The Balaban J connectivity index is 2.51. The van der Waals surface area contributed by atoms with Gasteiger partial charge in [-0.05, 0) is 83.4 Å². The van der Waals surface area contributed by atoms with Crippen molar-refractivity contribution < 1.29 is 28.7 Å². The summed E-state index contributed by atoms with van der Waals surface area (Å²) in [6.45, 7) is 8.78. The summed E-state index contributed by atoms with van der Waals surface area (Å²) in [4.78, 5) is 53.9. The number of hydrogen-bond donors (Lipinski definition) is 2. The van der Waals surface area contributed by atoms with Gasteiger partial charge in [-0.3, -0.25) is 14.4 Å². The minimum absolute atomic E-state index is 0.168. The van der Waals surface area contributed by atoms with Gasteiger partial charge in [-0.25, -0.2) is 4.79 Å². The van der Waals surface area contributed by atoms with Gasteiger partial charge in [0.05, 0.1) is 7.11 Å². The van der Waals surface area contributed by atoms with Crippen molar-refractivity contribution in [3.8, 4) is 0 Å². The van der Waals surface area contributed by atoms with Crippen LogP contribution in [0.2, 0.25) is 0 Å². The molecule has 3 amide bonds. The summed E-state index contributed by atoms with van der Waals surface area (Å²) in [7, 11) is 1.25. The summed E-state index contributed by atoms with van der Waals surface area (Å²) in [6, 6.07) is 3.75. The number of nitrogens with zero attached hydrogens (tertiary/aromatic N) is 1. The van der Waals surface area contributed by atoms with Crippen molar-refractivity contribution in [3.05, 3.63) is 34.9 Å². The highest BCUT2D eigenvalue weighted by Gasteiger charge is 2.42. The molecule has 0 spiro atoms. The number of ether oxygens (including phenoxy) is 2. The van der Waals surface area contributed by atoms with Gasteiger partial charge in [0, 0.05) is 6.04 Å². The number of carbonyl (C=O) groups is 4. The van der Waals surface area contributed by atoms with Gasteiger partial charge in [0.2, 0.25) is 11.8 Å². The second-order valence-corrected chi connectivity index (χ2v) is 11.4. The van der Waals surface area contributed by atoms with Gasteiger partial charge in [-0.15, -0.1) is 0 Å². The molecule has 0 bridgehead atoms. The smallest absolute Gasteiger partial charge is 0.408 e. The first-order valence-electron chi connectivity index (χ1n) is 12.6. The monoisotopic (exact) mass is 535 g/mol. The van der Waals surface area contributed by atoms with Crippen LogP contribution in [-0.2, 0) is 23.9 Å². The van der Waals surface area contributed by atoms with E-state index in [4.69, 9.17) is 4.74 Å². The topological polar surface area (TPSA) is 114 Å². The van der Waals surface area contributed by atoms with Crippen molar-refractivity contribution in [1.82, 2.24) is 15.5 Å². The number of thioether (sulfide) groups is 1. The van der Waals surface area contributed by atoms with E-state index in [1.54, 1.807) is 37.4 Å². The van der Waals surface area contributed by atoms with E-state index in [1.807, 2.05) is 38.3 Å². The molecule has 2 N–H and O–H groups in total. The number of aryl methyl sites for hydroxylation is 2. The number of carbonyl (C=O) groups excluding carboxylic acids is 4. The number of benzene rings is 1. The predicted molar refractivity (Wildman–Crippen MR) is 144 cm³/mol. The number of amides is 3. The number of alkyl carbamates (subject to hydrolysis) is 1. The molecule has 1 fully saturated rings. The normalized spacial score (nSPS) is 15.1. The van der Waals surface area contributed by atoms with Crippen molar-refractivity contribution >= 4 is 35.6 Å². The molecule has 0 heterocycles. The third-order valence-electron chi connectivity index (χ3n) is 6.21. The van der Waals surface area contributed by atoms with E-state index in [1.165, 1.54) is 7.11 Å². The zero-order valence-electron chi connectivity index (χ0n) is 23.0. The first-order valence-corrected chi connectivity index (χ1v) is 14.0. The summed E-state index contributed by atoms with van der Waals surface area (Å²) < 4.78 is 10.1. The minimum atomic E-state index is -0.973. The Hall–Kier alpha value is -2.75. The van der Waals surface area contributed by atoms with Crippen LogP contribution in [0.5, 0.6) is 0 Å². The molecule has 10 heteroatoms. The van der Waals surface area contributed by atoms with Crippen LogP contribution in [0.1, 0.15) is 69.2 Å². The Labute approximate surface area is 224 Å². The maximum absolute atomic E-state index is 14.2. The quantitative estimate of drug-likeness (QED) is 0.416. The van der Waals surface area contributed by atoms with Gasteiger partial charge in [0.25, 0.3) is 0 Å². The van der Waals surface area contributed by atoms with E-state index in [0.29, 0.717) is 17.7 Å². The Bertz CT molecular complexity index is 973. The molecule has 37 heavy (non-hydrogen) atoms. The minimum Gasteiger partial charge on any atom is -0.468 e. The van der Waals surface area contributed by atoms with E-state index in [-0.39, 0.29) is 18.5 Å². The SMILES string of the molecule is COC(=O)CNC(=O)C(c1cc(C)ccc1C)N(C(=O)C(CCSC)NC(=O)OC(C)(C)C)C1CCC1. The highest BCUT2D eigenvalue weighted by Crippen LogP contribution is 2.35. The molecule has 1 aromatic rings. The van der Waals surface area contributed by atoms with Crippen LogP contribution in [0.15, 0.2) is 18.2 Å². The second-order valence-electron chi connectivity index (χ2n) is 10.4. The Morgan fingerprint density at radius 1 is 1.16 bits per heavy atom. The lowest BCUT2D eigenvalue weighted by Gasteiger charge is -2.44. The van der Waals surface area contributed by atoms with Crippen LogP contribution < -0.4 is 10.6 Å². The molecule has 1 aromatic carbocycles. The fraction of sp³-hybridized carbons (Fsp3) is 0.630. The molecule has 0 saturated heterocycles. The van der Waals surface area contributed by atoms with Gasteiger partial charge in [-0.1, -0.05) is 23.8 Å². The van der Waals surface area contributed by atoms with Gasteiger partial charge < -0.3 is 25.0 Å². The molecule has 2 atom stereocenters. The Morgan fingerprint density at radius 2 is 1.84 bits per heavy atom. The number of rotatable bonds is 11. The standard InChI is InChI=1S/C27H41N3O6S/c1-17-11-12-18(2)20(15-17)23(24(32)28-16-22(31)35-6)30(19-9-8-10-19)25(33)21(13-14-37-7)29-26(34)36-27(3,4)5/h11-12,15,19,21,23H,8-10,13-14,16H2,1-7H3,(H,28,32)(H,29,34).